The summed E-state index contributed by atoms with van der Waals surface area (Å²) in [5, 5.41) is 17.1. The van der Waals surface area contributed by atoms with Gasteiger partial charge in [-0.2, -0.15) is 0 Å². The Morgan fingerprint density at radius 1 is 1.32 bits per heavy atom. The molecule has 3 saturated heterocycles. The summed E-state index contributed by atoms with van der Waals surface area (Å²) in [6.07, 6.45) is 3.06. The van der Waals surface area contributed by atoms with E-state index in [-0.39, 0.29) is 17.0 Å². The van der Waals surface area contributed by atoms with Crippen LogP contribution in [0, 0.1) is 18.7 Å². The predicted molar refractivity (Wildman–Crippen MR) is 138 cm³/mol. The fourth-order valence-corrected chi connectivity index (χ4v) is 7.78. The van der Waals surface area contributed by atoms with Crippen molar-refractivity contribution in [3.8, 4) is 0 Å². The second-order valence-corrected chi connectivity index (χ2v) is 12.6. The third kappa shape index (κ3) is 5.14. The summed E-state index contributed by atoms with van der Waals surface area (Å²) >= 11 is 6.15. The molecule has 4 heterocycles. The maximum absolute atomic E-state index is 14.0. The number of thioether (sulfide) groups is 1. The van der Waals surface area contributed by atoms with Gasteiger partial charge in [-0.1, -0.05) is 17.8 Å². The molecule has 1 unspecified atom stereocenters. The molecule has 0 saturated carbocycles. The van der Waals surface area contributed by atoms with Gasteiger partial charge in [-0.3, -0.25) is 9.59 Å². The smallest absolute Gasteiger partial charge is 0.262 e. The highest BCUT2D eigenvalue weighted by Crippen LogP contribution is 2.40. The van der Waals surface area contributed by atoms with E-state index in [1.54, 1.807) is 19.9 Å². The van der Waals surface area contributed by atoms with E-state index in [9.17, 15) is 19.1 Å². The van der Waals surface area contributed by atoms with Crippen LogP contribution in [0.5, 0.6) is 0 Å². The van der Waals surface area contributed by atoms with Gasteiger partial charge in [-0.25, -0.2) is 4.39 Å². The van der Waals surface area contributed by atoms with Gasteiger partial charge in [0.2, 0.25) is 5.60 Å². The van der Waals surface area contributed by atoms with E-state index in [0.29, 0.717) is 26.4 Å². The number of quaternary nitrogens is 1. The number of nitrogens with zero attached hydrogens (tertiary/aromatic N) is 1. The SMILES string of the molecule is CC(=O)SCCC[N+]12CCC(CC1)[C@@H](NC(=O)C(O)(c1ccc(F)c(C)c1)c1sccc1Br)C2. The van der Waals surface area contributed by atoms with E-state index in [1.807, 2.05) is 11.4 Å². The van der Waals surface area contributed by atoms with Crippen molar-refractivity contribution in [1.29, 1.82) is 0 Å². The van der Waals surface area contributed by atoms with Crippen LogP contribution < -0.4 is 5.32 Å². The topological polar surface area (TPSA) is 66.4 Å². The number of carbonyl (C=O) groups is 2. The predicted octanol–water partition coefficient (Wildman–Crippen LogP) is 4.59. The number of fused-ring (bicyclic) bond motifs is 3. The van der Waals surface area contributed by atoms with Crippen molar-refractivity contribution in [2.45, 2.75) is 44.8 Å². The van der Waals surface area contributed by atoms with Crippen LogP contribution in [0.15, 0.2) is 34.1 Å². The summed E-state index contributed by atoms with van der Waals surface area (Å²) in [6.45, 7) is 7.26. The molecule has 1 aromatic carbocycles. The molecule has 2 aromatic rings. The number of aliphatic hydroxyl groups is 1. The summed E-state index contributed by atoms with van der Waals surface area (Å²) in [6, 6.07) is 6.13. The van der Waals surface area contributed by atoms with Crippen LogP contribution in [0.4, 0.5) is 4.39 Å². The summed E-state index contributed by atoms with van der Waals surface area (Å²) in [7, 11) is 0. The number of nitrogens with one attached hydrogen (secondary N) is 1. The van der Waals surface area contributed by atoms with E-state index < -0.39 is 11.5 Å². The lowest BCUT2D eigenvalue weighted by Gasteiger charge is -2.53. The van der Waals surface area contributed by atoms with Crippen LogP contribution in [0.2, 0.25) is 0 Å². The lowest BCUT2D eigenvalue weighted by atomic mass is 9.80. The third-order valence-electron chi connectivity index (χ3n) is 7.35. The lowest BCUT2D eigenvalue weighted by molar-refractivity contribution is -0.943. The molecule has 2 N–H and O–H groups in total. The van der Waals surface area contributed by atoms with Gasteiger partial charge in [-0.05, 0) is 63.5 Å². The zero-order valence-corrected chi connectivity index (χ0v) is 22.7. The van der Waals surface area contributed by atoms with Crippen LogP contribution in [-0.2, 0) is 15.2 Å². The first-order valence-electron chi connectivity index (χ1n) is 11.7. The Morgan fingerprint density at radius 3 is 2.68 bits per heavy atom. The quantitative estimate of drug-likeness (QED) is 0.360. The minimum Gasteiger partial charge on any atom is -0.371 e. The molecule has 3 aliphatic rings. The fourth-order valence-electron chi connectivity index (χ4n) is 5.44. The molecular formula is C25H31BrFN2O3S2+. The molecular weight excluding hydrogens is 539 g/mol. The van der Waals surface area contributed by atoms with Crippen molar-refractivity contribution >= 4 is 50.1 Å². The molecule has 0 spiro atoms. The first kappa shape index (κ1) is 25.8. The first-order chi connectivity index (χ1) is 16.1. The van der Waals surface area contributed by atoms with Crippen LogP contribution in [0.1, 0.15) is 42.2 Å². The Bertz CT molecular complexity index is 1070. The molecule has 184 valence electrons. The number of thiophene rings is 1. The van der Waals surface area contributed by atoms with Crippen molar-refractivity contribution in [1.82, 2.24) is 5.32 Å². The number of hydrogen-bond donors (Lipinski definition) is 2. The minimum atomic E-state index is -1.92. The van der Waals surface area contributed by atoms with E-state index in [4.69, 9.17) is 0 Å². The van der Waals surface area contributed by atoms with Crippen molar-refractivity contribution in [3.05, 3.63) is 55.9 Å². The van der Waals surface area contributed by atoms with Gasteiger partial charge in [-0.15, -0.1) is 11.3 Å². The molecule has 5 nitrogen and oxygen atoms in total. The zero-order chi connectivity index (χ0) is 24.5. The Morgan fingerprint density at radius 2 is 2.06 bits per heavy atom. The molecule has 0 aliphatic carbocycles. The van der Waals surface area contributed by atoms with Crippen LogP contribution >= 0.6 is 39.0 Å². The van der Waals surface area contributed by atoms with E-state index in [1.165, 1.54) is 35.2 Å². The Hall–Kier alpha value is -1.26. The summed E-state index contributed by atoms with van der Waals surface area (Å²) in [5.41, 5.74) is -1.17. The number of piperidine rings is 3. The number of hydrogen-bond acceptors (Lipinski definition) is 5. The van der Waals surface area contributed by atoms with Gasteiger partial charge in [0.1, 0.15) is 5.82 Å². The molecule has 34 heavy (non-hydrogen) atoms. The molecule has 3 fully saturated rings. The minimum absolute atomic E-state index is 0.0257. The van der Waals surface area contributed by atoms with E-state index >= 15 is 0 Å². The highest BCUT2D eigenvalue weighted by Gasteiger charge is 2.49. The molecule has 0 radical (unpaired) electrons. The first-order valence-corrected chi connectivity index (χ1v) is 14.3. The lowest BCUT2D eigenvalue weighted by Crippen LogP contribution is -2.68. The standard InChI is InChI=1S/C25H30BrFN2O3S2/c1-16-14-19(4-5-21(16)27)25(32,23-20(26)8-13-34-23)24(31)28-22-15-29(9-3-12-33-17(2)30)10-6-18(22)7-11-29/h4-5,8,13-14,18,22,32H,3,6-7,9-12,15H2,1-2H3/p+1/t18?,22-,25?,29?/m0/s1. The maximum atomic E-state index is 14.0. The second-order valence-electron chi connectivity index (χ2n) is 9.58. The average Bonchev–Trinajstić information content (AvgIpc) is 3.25. The summed E-state index contributed by atoms with van der Waals surface area (Å²) < 4.78 is 15.6. The van der Waals surface area contributed by atoms with Crippen LogP contribution in [-0.4, -0.2) is 58.6 Å². The Labute approximate surface area is 216 Å². The monoisotopic (exact) mass is 569 g/mol. The number of carbonyl (C=O) groups excluding carboxylic acids is 2. The third-order valence-corrected chi connectivity index (χ3v) is 10.2. The van der Waals surface area contributed by atoms with Gasteiger partial charge < -0.3 is 14.9 Å². The zero-order valence-electron chi connectivity index (χ0n) is 19.5. The largest absolute Gasteiger partial charge is 0.371 e. The molecule has 5 rings (SSSR count). The van der Waals surface area contributed by atoms with Gasteiger partial charge in [0, 0.05) is 36.4 Å². The van der Waals surface area contributed by atoms with Crippen LogP contribution in [0.25, 0.3) is 0 Å². The number of amides is 1. The van der Waals surface area contributed by atoms with Crippen molar-refractivity contribution in [2.75, 3.05) is 31.9 Å². The normalized spacial score (nSPS) is 25.7. The number of halogens is 2. The summed E-state index contributed by atoms with van der Waals surface area (Å²) in [5.74, 6) is 0.377. The number of rotatable bonds is 8. The van der Waals surface area contributed by atoms with Gasteiger partial charge in [0.05, 0.1) is 37.1 Å². The van der Waals surface area contributed by atoms with Crippen LogP contribution in [0.3, 0.4) is 0 Å². The fraction of sp³-hybridized carbons (Fsp3) is 0.520. The van der Waals surface area contributed by atoms with Crippen molar-refractivity contribution in [3.63, 3.8) is 0 Å². The maximum Gasteiger partial charge on any atom is 0.262 e. The average molecular weight is 571 g/mol. The molecule has 2 atom stereocenters. The Kier molecular flexibility index (Phi) is 7.89. The number of benzene rings is 1. The molecule has 3 aliphatic heterocycles. The van der Waals surface area contributed by atoms with Crippen molar-refractivity contribution < 1.29 is 23.6 Å². The van der Waals surface area contributed by atoms with Gasteiger partial charge >= 0.3 is 0 Å². The van der Waals surface area contributed by atoms with Gasteiger partial charge in [0.15, 0.2) is 5.12 Å². The molecule has 1 amide bonds. The highest BCUT2D eigenvalue weighted by atomic mass is 79.9. The molecule has 9 heteroatoms. The molecule has 1 aromatic heterocycles. The van der Waals surface area contributed by atoms with Gasteiger partial charge in [0.25, 0.3) is 5.91 Å². The highest BCUT2D eigenvalue weighted by molar-refractivity contribution is 9.10. The summed E-state index contributed by atoms with van der Waals surface area (Å²) in [4.78, 5) is 25.5. The van der Waals surface area contributed by atoms with Crippen molar-refractivity contribution in [2.24, 2.45) is 5.92 Å². The second kappa shape index (κ2) is 10.4. The molecule has 2 bridgehead atoms. The van der Waals surface area contributed by atoms with E-state index in [0.717, 1.165) is 55.7 Å². The van der Waals surface area contributed by atoms with E-state index in [2.05, 4.69) is 21.2 Å². The Balaban J connectivity index is 1.55. The number of aryl methyl sites for hydroxylation is 1.